The largest absolute Gasteiger partial charge is 0.493 e. The summed E-state index contributed by atoms with van der Waals surface area (Å²) in [4.78, 5) is 28.3. The number of ether oxygens (including phenoxy) is 2. The summed E-state index contributed by atoms with van der Waals surface area (Å²) in [6.45, 7) is 0.312. The van der Waals surface area contributed by atoms with E-state index in [0.717, 1.165) is 31.2 Å². The summed E-state index contributed by atoms with van der Waals surface area (Å²) in [5.74, 6) is 0.535. The molecular formula is C27H34Cl2N2O4. The lowest BCUT2D eigenvalue weighted by Crippen LogP contribution is -2.47. The van der Waals surface area contributed by atoms with Crippen LogP contribution in [0, 0.1) is 0 Å². The summed E-state index contributed by atoms with van der Waals surface area (Å²) in [6.07, 6.45) is 7.00. The molecule has 6 nitrogen and oxygen atoms in total. The van der Waals surface area contributed by atoms with Gasteiger partial charge < -0.3 is 19.7 Å². The van der Waals surface area contributed by atoms with Crippen molar-refractivity contribution in [3.8, 4) is 11.5 Å². The van der Waals surface area contributed by atoms with E-state index in [-0.39, 0.29) is 23.7 Å². The third-order valence-electron chi connectivity index (χ3n) is 6.47. The van der Waals surface area contributed by atoms with E-state index in [1.807, 2.05) is 18.2 Å². The zero-order valence-electron chi connectivity index (χ0n) is 20.4. The van der Waals surface area contributed by atoms with Gasteiger partial charge in [0, 0.05) is 17.6 Å². The predicted molar refractivity (Wildman–Crippen MR) is 140 cm³/mol. The molecule has 1 N–H and O–H groups in total. The number of nitrogens with one attached hydrogen (secondary N) is 1. The van der Waals surface area contributed by atoms with E-state index < -0.39 is 6.04 Å². The molecule has 0 aliphatic heterocycles. The number of carbonyl (C=O) groups excluding carboxylic acids is 2. The molecule has 0 saturated heterocycles. The minimum atomic E-state index is -0.804. The number of carbonyl (C=O) groups is 2. The van der Waals surface area contributed by atoms with Crippen LogP contribution in [0.25, 0.3) is 0 Å². The van der Waals surface area contributed by atoms with Crippen LogP contribution in [0.1, 0.15) is 55.7 Å². The van der Waals surface area contributed by atoms with Crippen LogP contribution < -0.4 is 14.8 Å². The molecule has 2 amide bonds. The van der Waals surface area contributed by atoms with Crippen LogP contribution >= 0.6 is 23.2 Å². The lowest BCUT2D eigenvalue weighted by atomic mass is 10.0. The Labute approximate surface area is 217 Å². The molecule has 1 fully saturated rings. The number of hydrogen-bond acceptors (Lipinski definition) is 4. The van der Waals surface area contributed by atoms with Crippen molar-refractivity contribution in [3.05, 3.63) is 58.6 Å². The average Bonchev–Trinajstić information content (AvgIpc) is 3.15. The molecule has 1 atom stereocenters. The first-order valence-electron chi connectivity index (χ1n) is 12.1. The fourth-order valence-electron chi connectivity index (χ4n) is 4.58. The van der Waals surface area contributed by atoms with Gasteiger partial charge in [-0.25, -0.2) is 0 Å². The Morgan fingerprint density at radius 2 is 1.66 bits per heavy atom. The maximum Gasteiger partial charge on any atom is 0.247 e. The van der Waals surface area contributed by atoms with E-state index in [1.54, 1.807) is 43.4 Å². The highest BCUT2D eigenvalue weighted by Crippen LogP contribution is 2.29. The standard InChI is InChI=1S/C27H34Cl2N2O4/c1-34-23-14-9-19(17-24(23)35-2)15-16-31(25(32)18-28)26(20-10-12-21(29)13-11-20)27(33)30-22-7-5-3-4-6-8-22/h9-14,17,22,26H,3-8,15-16,18H2,1-2H3,(H,30,33)/t26-/m1/s1. The quantitative estimate of drug-likeness (QED) is 0.329. The van der Waals surface area contributed by atoms with Crippen LogP contribution in [0.5, 0.6) is 11.5 Å². The van der Waals surface area contributed by atoms with Gasteiger partial charge in [0.25, 0.3) is 0 Å². The molecule has 0 spiro atoms. The Balaban J connectivity index is 1.87. The van der Waals surface area contributed by atoms with Gasteiger partial charge in [-0.1, -0.05) is 55.5 Å². The Hall–Kier alpha value is -2.44. The molecule has 1 saturated carbocycles. The topological polar surface area (TPSA) is 67.9 Å². The Morgan fingerprint density at radius 1 is 1.00 bits per heavy atom. The van der Waals surface area contributed by atoms with Gasteiger partial charge in [-0.3, -0.25) is 9.59 Å². The second-order valence-electron chi connectivity index (χ2n) is 8.81. The molecule has 1 aliphatic carbocycles. The Morgan fingerprint density at radius 3 is 2.26 bits per heavy atom. The van der Waals surface area contributed by atoms with Gasteiger partial charge >= 0.3 is 0 Å². The Kier molecular flexibility index (Phi) is 10.5. The predicted octanol–water partition coefficient (Wildman–Crippen LogP) is 5.55. The second-order valence-corrected chi connectivity index (χ2v) is 9.51. The number of methoxy groups -OCH3 is 2. The maximum absolute atomic E-state index is 13.6. The molecule has 0 bridgehead atoms. The van der Waals surface area contributed by atoms with E-state index in [9.17, 15) is 9.59 Å². The van der Waals surface area contributed by atoms with Gasteiger partial charge in [-0.05, 0) is 54.7 Å². The molecular weight excluding hydrogens is 487 g/mol. The average molecular weight is 521 g/mol. The van der Waals surface area contributed by atoms with Crippen molar-refractivity contribution < 1.29 is 19.1 Å². The van der Waals surface area contributed by atoms with E-state index in [1.165, 1.54) is 12.8 Å². The summed E-state index contributed by atoms with van der Waals surface area (Å²) in [7, 11) is 3.17. The zero-order chi connectivity index (χ0) is 25.2. The molecule has 0 heterocycles. The number of halogens is 2. The number of hydrogen-bond donors (Lipinski definition) is 1. The van der Waals surface area contributed by atoms with Gasteiger partial charge in [-0.2, -0.15) is 0 Å². The van der Waals surface area contributed by atoms with Gasteiger partial charge in [0.1, 0.15) is 11.9 Å². The van der Waals surface area contributed by atoms with Gasteiger partial charge in [0.15, 0.2) is 11.5 Å². The van der Waals surface area contributed by atoms with Crippen LogP contribution in [0.2, 0.25) is 5.02 Å². The third-order valence-corrected chi connectivity index (χ3v) is 6.95. The molecule has 35 heavy (non-hydrogen) atoms. The fourth-order valence-corrected chi connectivity index (χ4v) is 4.86. The van der Waals surface area contributed by atoms with Crippen molar-refractivity contribution in [1.29, 1.82) is 0 Å². The number of nitrogens with zero attached hydrogens (tertiary/aromatic N) is 1. The number of benzene rings is 2. The first-order valence-corrected chi connectivity index (χ1v) is 13.0. The van der Waals surface area contributed by atoms with Crippen molar-refractivity contribution in [3.63, 3.8) is 0 Å². The first kappa shape index (κ1) is 27.2. The molecule has 2 aromatic carbocycles. The van der Waals surface area contributed by atoms with Crippen molar-refractivity contribution in [2.75, 3.05) is 26.6 Å². The van der Waals surface area contributed by atoms with E-state index in [2.05, 4.69) is 5.32 Å². The van der Waals surface area contributed by atoms with E-state index in [0.29, 0.717) is 35.1 Å². The van der Waals surface area contributed by atoms with Crippen LogP contribution in [0.4, 0.5) is 0 Å². The normalized spacial score (nSPS) is 15.1. The SMILES string of the molecule is COc1ccc(CCN(C(=O)CCl)[C@@H](C(=O)NC2CCCCCC2)c2ccc(Cl)cc2)cc1OC. The third kappa shape index (κ3) is 7.52. The van der Waals surface area contributed by atoms with E-state index >= 15 is 0 Å². The number of alkyl halides is 1. The monoisotopic (exact) mass is 520 g/mol. The molecule has 0 aromatic heterocycles. The highest BCUT2D eigenvalue weighted by molar-refractivity contribution is 6.30. The molecule has 3 rings (SSSR count). The molecule has 0 radical (unpaired) electrons. The smallest absolute Gasteiger partial charge is 0.247 e. The lowest BCUT2D eigenvalue weighted by molar-refractivity contribution is -0.139. The lowest BCUT2D eigenvalue weighted by Gasteiger charge is -2.32. The van der Waals surface area contributed by atoms with Gasteiger partial charge in [-0.15, -0.1) is 11.6 Å². The fraction of sp³-hybridized carbons (Fsp3) is 0.481. The van der Waals surface area contributed by atoms with Gasteiger partial charge in [0.05, 0.1) is 14.2 Å². The minimum absolute atomic E-state index is 0.110. The van der Waals surface area contributed by atoms with Crippen LogP contribution in [-0.4, -0.2) is 49.4 Å². The number of amides is 2. The summed E-state index contributed by atoms with van der Waals surface area (Å²) < 4.78 is 10.7. The Bertz CT molecular complexity index is 976. The minimum Gasteiger partial charge on any atom is -0.493 e. The van der Waals surface area contributed by atoms with Crippen molar-refractivity contribution in [1.82, 2.24) is 10.2 Å². The van der Waals surface area contributed by atoms with Crippen molar-refractivity contribution >= 4 is 35.0 Å². The zero-order valence-corrected chi connectivity index (χ0v) is 21.9. The van der Waals surface area contributed by atoms with Crippen LogP contribution in [0.15, 0.2) is 42.5 Å². The second kappa shape index (κ2) is 13.6. The molecule has 8 heteroatoms. The summed E-state index contributed by atoms with van der Waals surface area (Å²) >= 11 is 12.1. The highest BCUT2D eigenvalue weighted by Gasteiger charge is 2.32. The summed E-state index contributed by atoms with van der Waals surface area (Å²) in [5, 5.41) is 3.78. The maximum atomic E-state index is 13.6. The molecule has 2 aromatic rings. The molecule has 190 valence electrons. The summed E-state index contributed by atoms with van der Waals surface area (Å²) in [6, 6.07) is 12.0. The van der Waals surface area contributed by atoms with E-state index in [4.69, 9.17) is 32.7 Å². The first-order chi connectivity index (χ1) is 17.0. The van der Waals surface area contributed by atoms with Crippen molar-refractivity contribution in [2.24, 2.45) is 0 Å². The highest BCUT2D eigenvalue weighted by atomic mass is 35.5. The van der Waals surface area contributed by atoms with Gasteiger partial charge in [0.2, 0.25) is 11.8 Å². The number of rotatable bonds is 10. The van der Waals surface area contributed by atoms with Crippen molar-refractivity contribution in [2.45, 2.75) is 57.0 Å². The van der Waals surface area contributed by atoms with Crippen LogP contribution in [-0.2, 0) is 16.0 Å². The summed E-state index contributed by atoms with van der Waals surface area (Å²) in [5.41, 5.74) is 1.65. The van der Waals surface area contributed by atoms with Crippen LogP contribution in [0.3, 0.4) is 0 Å². The molecule has 1 aliphatic rings. The molecule has 0 unspecified atom stereocenters.